The predicted molar refractivity (Wildman–Crippen MR) is 75.5 cm³/mol. The Balaban J connectivity index is 1.78. The van der Waals surface area contributed by atoms with Crippen LogP contribution < -0.4 is 0 Å². The van der Waals surface area contributed by atoms with Crippen molar-refractivity contribution in [2.45, 2.75) is 52.1 Å². The predicted octanol–water partition coefficient (Wildman–Crippen LogP) is 2.13. The lowest BCUT2D eigenvalue weighted by Crippen LogP contribution is -2.38. The van der Waals surface area contributed by atoms with Gasteiger partial charge in [-0.25, -0.2) is 4.79 Å². The largest absolute Gasteiger partial charge is 0.464 e. The normalized spacial score (nSPS) is 25.4. The molecule has 3 rings (SSSR count). The fourth-order valence-electron chi connectivity index (χ4n) is 3.60. The molecule has 0 spiro atoms. The number of carbonyl (C=O) groups is 1. The van der Waals surface area contributed by atoms with Gasteiger partial charge in [0.1, 0.15) is 0 Å². The number of hydrogen-bond acceptors (Lipinski definition) is 4. The summed E-state index contributed by atoms with van der Waals surface area (Å²) < 4.78 is 4.81. The zero-order valence-corrected chi connectivity index (χ0v) is 12.5. The third-order valence-corrected chi connectivity index (χ3v) is 4.80. The van der Waals surface area contributed by atoms with Crippen molar-refractivity contribution in [2.24, 2.45) is 5.41 Å². The maximum Gasteiger partial charge on any atom is 0.358 e. The molecule has 5 heteroatoms. The molecule has 5 nitrogen and oxygen atoms in total. The molecule has 0 saturated heterocycles. The number of hydrogen-bond donors (Lipinski definition) is 1. The van der Waals surface area contributed by atoms with E-state index >= 15 is 0 Å². The van der Waals surface area contributed by atoms with Gasteiger partial charge in [0, 0.05) is 36.8 Å². The van der Waals surface area contributed by atoms with Crippen LogP contribution in [-0.4, -0.2) is 40.8 Å². The van der Waals surface area contributed by atoms with Crippen LogP contribution in [0.15, 0.2) is 0 Å². The lowest BCUT2D eigenvalue weighted by Gasteiger charge is -2.33. The molecule has 1 aliphatic heterocycles. The van der Waals surface area contributed by atoms with Crippen LogP contribution >= 0.6 is 0 Å². The molecule has 0 amide bonds. The van der Waals surface area contributed by atoms with Crippen molar-refractivity contribution in [1.29, 1.82) is 0 Å². The molecule has 0 radical (unpaired) electrons. The van der Waals surface area contributed by atoms with Gasteiger partial charge in [-0.3, -0.25) is 10.00 Å². The highest BCUT2D eigenvalue weighted by Crippen LogP contribution is 2.40. The Bertz CT molecular complexity index is 521. The summed E-state index contributed by atoms with van der Waals surface area (Å²) in [6.07, 6.45) is 4.73. The van der Waals surface area contributed by atoms with Crippen LogP contribution in [0, 0.1) is 5.41 Å². The molecule has 1 atom stereocenters. The zero-order chi connectivity index (χ0) is 14.3. The quantitative estimate of drug-likeness (QED) is 0.841. The summed E-state index contributed by atoms with van der Waals surface area (Å²) in [5, 5.41) is 7.12. The molecule has 2 aliphatic rings. The molecular formula is C15H23N3O2. The van der Waals surface area contributed by atoms with Gasteiger partial charge < -0.3 is 4.74 Å². The summed E-state index contributed by atoms with van der Waals surface area (Å²) in [5.74, 6) is -0.337. The van der Waals surface area contributed by atoms with Crippen LogP contribution in [0.4, 0.5) is 0 Å². The Labute approximate surface area is 119 Å². The highest BCUT2D eigenvalue weighted by atomic mass is 16.5. The number of nitrogens with zero attached hydrogens (tertiary/aromatic N) is 2. The average Bonchev–Trinajstić information content (AvgIpc) is 3.00. The van der Waals surface area contributed by atoms with E-state index in [1.165, 1.54) is 26.4 Å². The molecule has 1 saturated carbocycles. The van der Waals surface area contributed by atoms with Crippen LogP contribution in [0.3, 0.4) is 0 Å². The first-order valence-corrected chi connectivity index (χ1v) is 7.39. The van der Waals surface area contributed by atoms with E-state index in [9.17, 15) is 4.79 Å². The van der Waals surface area contributed by atoms with Crippen LogP contribution in [0.1, 0.15) is 54.9 Å². The van der Waals surface area contributed by atoms with Gasteiger partial charge in [-0.05, 0) is 24.7 Å². The molecule has 1 unspecified atom stereocenters. The molecule has 1 aliphatic carbocycles. The first kappa shape index (κ1) is 13.6. The lowest BCUT2D eigenvalue weighted by molar-refractivity contribution is 0.0590. The Morgan fingerprint density at radius 3 is 2.95 bits per heavy atom. The second kappa shape index (κ2) is 4.88. The van der Waals surface area contributed by atoms with E-state index in [0.717, 1.165) is 30.8 Å². The van der Waals surface area contributed by atoms with Crippen molar-refractivity contribution in [1.82, 2.24) is 15.1 Å². The highest BCUT2D eigenvalue weighted by molar-refractivity contribution is 5.89. The van der Waals surface area contributed by atoms with Crippen molar-refractivity contribution in [3.05, 3.63) is 17.0 Å². The highest BCUT2D eigenvalue weighted by Gasteiger charge is 2.36. The number of H-pyrrole nitrogens is 1. The Kier molecular flexibility index (Phi) is 3.32. The van der Waals surface area contributed by atoms with E-state index in [1.807, 2.05) is 0 Å². The second-order valence-corrected chi connectivity index (χ2v) is 6.80. The van der Waals surface area contributed by atoms with Gasteiger partial charge in [0.15, 0.2) is 5.69 Å². The van der Waals surface area contributed by atoms with Gasteiger partial charge >= 0.3 is 5.97 Å². The van der Waals surface area contributed by atoms with E-state index in [1.54, 1.807) is 0 Å². The van der Waals surface area contributed by atoms with E-state index in [-0.39, 0.29) is 5.97 Å². The van der Waals surface area contributed by atoms with E-state index < -0.39 is 0 Å². The van der Waals surface area contributed by atoms with E-state index in [0.29, 0.717) is 17.2 Å². The molecule has 2 heterocycles. The van der Waals surface area contributed by atoms with Crippen molar-refractivity contribution < 1.29 is 9.53 Å². The maximum atomic E-state index is 11.8. The Morgan fingerprint density at radius 1 is 1.50 bits per heavy atom. The van der Waals surface area contributed by atoms with E-state index in [4.69, 9.17) is 4.74 Å². The van der Waals surface area contributed by atoms with Crippen LogP contribution in [0.5, 0.6) is 0 Å². The minimum Gasteiger partial charge on any atom is -0.464 e. The molecular weight excluding hydrogens is 254 g/mol. The third kappa shape index (κ3) is 2.35. The molecule has 110 valence electrons. The second-order valence-electron chi connectivity index (χ2n) is 6.80. The summed E-state index contributed by atoms with van der Waals surface area (Å²) in [6.45, 7) is 6.56. The Morgan fingerprint density at radius 2 is 2.30 bits per heavy atom. The van der Waals surface area contributed by atoms with Gasteiger partial charge in [-0.15, -0.1) is 0 Å². The summed E-state index contributed by atoms with van der Waals surface area (Å²) in [6, 6.07) is 0.638. The first-order chi connectivity index (χ1) is 9.50. The Hall–Kier alpha value is -1.36. The standard InChI is InChI=1S/C15H23N3O2/c1-15(2)6-4-10(8-15)18-7-5-12-11(9-18)13(17-16-12)14(19)20-3/h10H,4-9H2,1-3H3,(H,16,17). The maximum absolute atomic E-state index is 11.8. The van der Waals surface area contributed by atoms with Gasteiger partial charge in [-0.1, -0.05) is 13.8 Å². The number of nitrogens with one attached hydrogen (secondary N) is 1. The number of carbonyl (C=O) groups excluding carboxylic acids is 1. The smallest absolute Gasteiger partial charge is 0.358 e. The van der Waals surface area contributed by atoms with Crippen molar-refractivity contribution >= 4 is 5.97 Å². The lowest BCUT2D eigenvalue weighted by atomic mass is 9.91. The van der Waals surface area contributed by atoms with Crippen LogP contribution in [0.2, 0.25) is 0 Å². The number of fused-ring (bicyclic) bond motifs is 1. The molecule has 1 fully saturated rings. The molecule has 20 heavy (non-hydrogen) atoms. The minimum absolute atomic E-state index is 0.337. The fraction of sp³-hybridized carbons (Fsp3) is 0.733. The summed E-state index contributed by atoms with van der Waals surface area (Å²) in [4.78, 5) is 14.3. The van der Waals surface area contributed by atoms with Gasteiger partial charge in [0.05, 0.1) is 7.11 Å². The van der Waals surface area contributed by atoms with Gasteiger partial charge in [0.2, 0.25) is 0 Å². The number of methoxy groups -OCH3 is 1. The van der Waals surface area contributed by atoms with Crippen LogP contribution in [-0.2, 0) is 17.7 Å². The zero-order valence-electron chi connectivity index (χ0n) is 12.5. The van der Waals surface area contributed by atoms with Crippen molar-refractivity contribution in [2.75, 3.05) is 13.7 Å². The number of ether oxygens (including phenoxy) is 1. The number of rotatable bonds is 2. The fourth-order valence-corrected chi connectivity index (χ4v) is 3.60. The van der Waals surface area contributed by atoms with Gasteiger partial charge in [0.25, 0.3) is 0 Å². The molecule has 0 bridgehead atoms. The topological polar surface area (TPSA) is 58.2 Å². The van der Waals surface area contributed by atoms with Crippen LogP contribution in [0.25, 0.3) is 0 Å². The molecule has 1 aromatic rings. The number of esters is 1. The molecule has 0 aromatic carbocycles. The summed E-state index contributed by atoms with van der Waals surface area (Å²) in [7, 11) is 1.41. The van der Waals surface area contributed by atoms with E-state index in [2.05, 4.69) is 28.9 Å². The monoisotopic (exact) mass is 277 g/mol. The summed E-state index contributed by atoms with van der Waals surface area (Å²) in [5.41, 5.74) is 3.04. The van der Waals surface area contributed by atoms with Gasteiger partial charge in [-0.2, -0.15) is 5.10 Å². The van der Waals surface area contributed by atoms with Crippen molar-refractivity contribution in [3.8, 4) is 0 Å². The SMILES string of the molecule is COC(=O)c1n[nH]c2c1CN(C1CCC(C)(C)C1)CC2. The minimum atomic E-state index is -0.337. The summed E-state index contributed by atoms with van der Waals surface area (Å²) >= 11 is 0. The molecule has 1 N–H and O–H groups in total. The molecule has 1 aromatic heterocycles. The number of aromatic amines is 1. The third-order valence-electron chi connectivity index (χ3n) is 4.80. The number of aromatic nitrogens is 2. The van der Waals surface area contributed by atoms with Crippen molar-refractivity contribution in [3.63, 3.8) is 0 Å². The first-order valence-electron chi connectivity index (χ1n) is 7.39. The average molecular weight is 277 g/mol.